The number of aryl methyl sites for hydroxylation is 1. The molecule has 0 bridgehead atoms. The summed E-state index contributed by atoms with van der Waals surface area (Å²) in [4.78, 5) is 8.51. The molecule has 0 atom stereocenters. The van der Waals surface area contributed by atoms with Crippen molar-refractivity contribution in [1.29, 1.82) is 0 Å². The molecule has 0 aliphatic carbocycles. The highest BCUT2D eigenvalue weighted by Crippen LogP contribution is 2.22. The first-order valence-electron chi connectivity index (χ1n) is 6.05. The van der Waals surface area contributed by atoms with Crippen LogP contribution in [0.3, 0.4) is 0 Å². The Bertz CT molecular complexity index is 574. The molecule has 3 nitrogen and oxygen atoms in total. The van der Waals surface area contributed by atoms with Crippen LogP contribution < -0.4 is 0 Å². The molecule has 19 heavy (non-hydrogen) atoms. The van der Waals surface area contributed by atoms with Gasteiger partial charge in [-0.1, -0.05) is 59.3 Å². The Hall–Kier alpha value is -2.42. The van der Waals surface area contributed by atoms with Crippen LogP contribution in [0.15, 0.2) is 58.7 Å². The second-order valence-corrected chi connectivity index (χ2v) is 4.17. The van der Waals surface area contributed by atoms with Gasteiger partial charge in [-0.15, -0.1) is 0 Å². The molecule has 0 heterocycles. The minimum Gasteiger partial charge on any atom is -0.372 e. The molecule has 0 fully saturated rings. The maximum atomic E-state index is 4.94. The summed E-state index contributed by atoms with van der Waals surface area (Å²) in [6, 6.07) is 16.5. The van der Waals surface area contributed by atoms with Crippen molar-refractivity contribution in [2.24, 2.45) is 10.1 Å². The third-order valence-corrected chi connectivity index (χ3v) is 2.74. The predicted molar refractivity (Wildman–Crippen MR) is 79.7 cm³/mol. The summed E-state index contributed by atoms with van der Waals surface area (Å²) in [6.07, 6.45) is 1.69. The second-order valence-electron chi connectivity index (χ2n) is 4.17. The molecule has 2 aromatic carbocycles. The highest BCUT2D eigenvalue weighted by Gasteiger charge is 2.02. The summed E-state index contributed by atoms with van der Waals surface area (Å²) in [5.41, 5.74) is 4.54. The van der Waals surface area contributed by atoms with Crippen LogP contribution in [-0.2, 0) is 4.84 Å². The van der Waals surface area contributed by atoms with Gasteiger partial charge in [0.05, 0.1) is 6.21 Å². The fraction of sp³-hybridized carbons (Fsp3) is 0.125. The fourth-order valence-electron chi connectivity index (χ4n) is 1.77. The molecule has 0 aromatic heterocycles. The van der Waals surface area contributed by atoms with Gasteiger partial charge in [0, 0.05) is 5.56 Å². The van der Waals surface area contributed by atoms with Crippen molar-refractivity contribution in [2.45, 2.75) is 6.92 Å². The van der Waals surface area contributed by atoms with Gasteiger partial charge in [0.15, 0.2) is 0 Å². The Labute approximate surface area is 113 Å². The lowest BCUT2D eigenvalue weighted by molar-refractivity contribution is 0.155. The van der Waals surface area contributed by atoms with Crippen LogP contribution in [0.25, 0.3) is 11.1 Å². The Kier molecular flexibility index (Phi) is 4.45. The van der Waals surface area contributed by atoms with Crippen LogP contribution in [0.2, 0.25) is 0 Å². The number of rotatable bonds is 5. The van der Waals surface area contributed by atoms with E-state index in [1.54, 1.807) is 6.21 Å². The largest absolute Gasteiger partial charge is 0.372 e. The maximum absolute atomic E-state index is 4.94. The summed E-state index contributed by atoms with van der Waals surface area (Å²) >= 11 is 0. The zero-order chi connectivity index (χ0) is 13.5. The molecule has 0 amide bonds. The van der Waals surface area contributed by atoms with E-state index in [-0.39, 0.29) is 6.73 Å². The van der Waals surface area contributed by atoms with Crippen molar-refractivity contribution in [3.05, 3.63) is 59.7 Å². The van der Waals surface area contributed by atoms with Gasteiger partial charge in [0.25, 0.3) is 0 Å². The molecular formula is C16H16N2O. The summed E-state index contributed by atoms with van der Waals surface area (Å²) in [5.74, 6) is 0. The summed E-state index contributed by atoms with van der Waals surface area (Å²) in [7, 11) is 0. The van der Waals surface area contributed by atoms with E-state index >= 15 is 0 Å². The maximum Gasteiger partial charge on any atom is 0.206 e. The zero-order valence-corrected chi connectivity index (χ0v) is 10.9. The number of nitrogens with zero attached hydrogens (tertiary/aromatic N) is 2. The van der Waals surface area contributed by atoms with Gasteiger partial charge >= 0.3 is 0 Å². The van der Waals surface area contributed by atoms with E-state index in [2.05, 4.69) is 54.1 Å². The zero-order valence-electron chi connectivity index (χ0n) is 10.9. The van der Waals surface area contributed by atoms with Crippen LogP contribution in [0, 0.1) is 6.92 Å². The lowest BCUT2D eigenvalue weighted by Gasteiger charge is -2.06. The van der Waals surface area contributed by atoms with Gasteiger partial charge in [0.2, 0.25) is 6.73 Å². The average molecular weight is 252 g/mol. The van der Waals surface area contributed by atoms with E-state index in [1.807, 2.05) is 18.2 Å². The molecule has 0 saturated heterocycles. The second kappa shape index (κ2) is 6.50. The number of oxime groups is 1. The molecule has 2 rings (SSSR count). The highest BCUT2D eigenvalue weighted by molar-refractivity contribution is 5.90. The first kappa shape index (κ1) is 13.0. The Morgan fingerprint density at radius 1 is 1.11 bits per heavy atom. The molecule has 96 valence electrons. The smallest absolute Gasteiger partial charge is 0.206 e. The van der Waals surface area contributed by atoms with Gasteiger partial charge in [-0.2, -0.15) is 0 Å². The Balaban J connectivity index is 2.27. The standard InChI is InChI=1S/C16H16N2O/c1-13-7-9-14(10-8-13)16-6-4-3-5-15(16)11-18-19-12-17-2/h3-11H,2,12H2,1H3/b18-11+. The lowest BCUT2D eigenvalue weighted by atomic mass is 9.99. The molecule has 0 radical (unpaired) electrons. The molecule has 0 unspecified atom stereocenters. The van der Waals surface area contributed by atoms with E-state index < -0.39 is 0 Å². The van der Waals surface area contributed by atoms with E-state index in [1.165, 1.54) is 5.56 Å². The van der Waals surface area contributed by atoms with Crippen LogP contribution in [0.1, 0.15) is 11.1 Å². The third-order valence-electron chi connectivity index (χ3n) is 2.74. The molecule has 2 aromatic rings. The van der Waals surface area contributed by atoms with Crippen molar-refractivity contribution >= 4 is 12.9 Å². The van der Waals surface area contributed by atoms with Crippen LogP contribution >= 0.6 is 0 Å². The van der Waals surface area contributed by atoms with Crippen molar-refractivity contribution in [3.63, 3.8) is 0 Å². The number of hydrogen-bond acceptors (Lipinski definition) is 3. The minimum atomic E-state index is 0.170. The first-order chi connectivity index (χ1) is 9.31. The van der Waals surface area contributed by atoms with Crippen LogP contribution in [0.4, 0.5) is 0 Å². The summed E-state index contributed by atoms with van der Waals surface area (Å²) < 4.78 is 0. The molecule has 0 N–H and O–H groups in total. The molecular weight excluding hydrogens is 236 g/mol. The van der Waals surface area contributed by atoms with Crippen LogP contribution in [0.5, 0.6) is 0 Å². The number of aliphatic imine (C=N–C) groups is 1. The quantitative estimate of drug-likeness (QED) is 0.454. The summed E-state index contributed by atoms with van der Waals surface area (Å²) in [5, 5.41) is 3.88. The van der Waals surface area contributed by atoms with E-state index in [0.717, 1.165) is 16.7 Å². The van der Waals surface area contributed by atoms with Gasteiger partial charge in [-0.25, -0.2) is 0 Å². The van der Waals surface area contributed by atoms with Crippen molar-refractivity contribution in [1.82, 2.24) is 0 Å². The van der Waals surface area contributed by atoms with Gasteiger partial charge in [-0.3, -0.25) is 4.99 Å². The van der Waals surface area contributed by atoms with Crippen molar-refractivity contribution in [3.8, 4) is 11.1 Å². The molecule has 0 saturated carbocycles. The number of benzene rings is 2. The molecule has 3 heteroatoms. The van der Waals surface area contributed by atoms with Crippen molar-refractivity contribution < 1.29 is 4.84 Å². The van der Waals surface area contributed by atoms with Crippen molar-refractivity contribution in [2.75, 3.05) is 6.73 Å². The minimum absolute atomic E-state index is 0.170. The SMILES string of the molecule is C=NCO/N=C/c1ccccc1-c1ccc(C)cc1. The number of hydrogen-bond donors (Lipinski definition) is 0. The van der Waals surface area contributed by atoms with Gasteiger partial charge in [0.1, 0.15) is 0 Å². The first-order valence-corrected chi connectivity index (χ1v) is 6.05. The molecule has 0 spiro atoms. The normalized spacial score (nSPS) is 10.6. The molecule has 0 aliphatic rings. The van der Waals surface area contributed by atoms with E-state index in [0.29, 0.717) is 0 Å². The third kappa shape index (κ3) is 3.52. The monoisotopic (exact) mass is 252 g/mol. The Morgan fingerprint density at radius 3 is 2.58 bits per heavy atom. The summed E-state index contributed by atoms with van der Waals surface area (Å²) in [6.45, 7) is 5.58. The van der Waals surface area contributed by atoms with E-state index in [9.17, 15) is 0 Å². The van der Waals surface area contributed by atoms with Gasteiger partial charge < -0.3 is 4.84 Å². The van der Waals surface area contributed by atoms with E-state index in [4.69, 9.17) is 4.84 Å². The topological polar surface area (TPSA) is 34.0 Å². The lowest BCUT2D eigenvalue weighted by Crippen LogP contribution is -1.90. The Morgan fingerprint density at radius 2 is 1.84 bits per heavy atom. The van der Waals surface area contributed by atoms with Crippen LogP contribution in [-0.4, -0.2) is 19.7 Å². The fourth-order valence-corrected chi connectivity index (χ4v) is 1.77. The predicted octanol–water partition coefficient (Wildman–Crippen LogP) is 3.67. The average Bonchev–Trinajstić information content (AvgIpc) is 2.45. The van der Waals surface area contributed by atoms with Gasteiger partial charge in [-0.05, 0) is 24.8 Å². The molecule has 0 aliphatic heterocycles. The highest BCUT2D eigenvalue weighted by atomic mass is 16.6.